The lowest BCUT2D eigenvalue weighted by Gasteiger charge is -2.07. The van der Waals surface area contributed by atoms with Crippen molar-refractivity contribution in [2.75, 3.05) is 0 Å². The van der Waals surface area contributed by atoms with Gasteiger partial charge in [0.25, 0.3) is 0 Å². The molecule has 5 heteroatoms. The van der Waals surface area contributed by atoms with E-state index in [9.17, 15) is 4.79 Å². The van der Waals surface area contributed by atoms with Gasteiger partial charge in [0.15, 0.2) is 0 Å². The van der Waals surface area contributed by atoms with Crippen molar-refractivity contribution >= 4 is 16.9 Å². The van der Waals surface area contributed by atoms with E-state index in [1.54, 1.807) is 12.4 Å². The largest absolute Gasteiger partial charge is 0.457 e. The van der Waals surface area contributed by atoms with Gasteiger partial charge >= 0.3 is 0 Å². The minimum atomic E-state index is -0.362. The lowest BCUT2D eigenvalue weighted by molar-refractivity contribution is -0.117. The number of fused-ring (bicyclic) bond motifs is 1. The summed E-state index contributed by atoms with van der Waals surface area (Å²) >= 11 is 0. The van der Waals surface area contributed by atoms with Crippen LogP contribution in [0.25, 0.3) is 22.2 Å². The van der Waals surface area contributed by atoms with Gasteiger partial charge in [0.2, 0.25) is 5.91 Å². The summed E-state index contributed by atoms with van der Waals surface area (Å²) in [6, 6.07) is 19.5. The van der Waals surface area contributed by atoms with Crippen molar-refractivity contribution in [2.45, 2.75) is 6.42 Å². The van der Waals surface area contributed by atoms with E-state index in [2.05, 4.69) is 9.97 Å². The van der Waals surface area contributed by atoms with Crippen LogP contribution in [0.1, 0.15) is 5.56 Å². The smallest absolute Gasteiger partial charge is 0.221 e. The molecule has 0 saturated carbocycles. The van der Waals surface area contributed by atoms with Crippen molar-refractivity contribution in [1.29, 1.82) is 0 Å². The second-order valence-electron chi connectivity index (χ2n) is 6.02. The maximum Gasteiger partial charge on any atom is 0.221 e. The monoisotopic (exact) mass is 343 g/mol. The first kappa shape index (κ1) is 15.9. The molecule has 0 aliphatic carbocycles. The van der Waals surface area contributed by atoms with E-state index in [1.807, 2.05) is 60.7 Å². The number of nitrogens with one attached hydrogen (secondary N) is 1. The summed E-state index contributed by atoms with van der Waals surface area (Å²) in [4.78, 5) is 18.7. The van der Waals surface area contributed by atoms with Crippen molar-refractivity contribution in [3.05, 3.63) is 78.6 Å². The SMILES string of the molecule is NC(=O)Cc1c[nH]c2ncc(-c3ccc(Oc4ccccc4)cc3)cc12. The molecule has 4 rings (SSSR count). The third-order valence-electron chi connectivity index (χ3n) is 4.15. The molecule has 0 radical (unpaired) electrons. The van der Waals surface area contributed by atoms with Gasteiger partial charge in [0, 0.05) is 23.3 Å². The molecule has 0 atom stereocenters. The normalized spacial score (nSPS) is 10.8. The first-order chi connectivity index (χ1) is 12.7. The number of primary amides is 1. The molecular formula is C21H17N3O2. The average molecular weight is 343 g/mol. The van der Waals surface area contributed by atoms with Gasteiger partial charge in [-0.1, -0.05) is 30.3 Å². The summed E-state index contributed by atoms with van der Waals surface area (Å²) in [7, 11) is 0. The second-order valence-corrected chi connectivity index (χ2v) is 6.02. The molecule has 0 aliphatic rings. The highest BCUT2D eigenvalue weighted by Gasteiger charge is 2.09. The third kappa shape index (κ3) is 3.28. The molecule has 5 nitrogen and oxygen atoms in total. The molecular weight excluding hydrogens is 326 g/mol. The van der Waals surface area contributed by atoms with Crippen molar-refractivity contribution in [3.63, 3.8) is 0 Å². The van der Waals surface area contributed by atoms with Gasteiger partial charge in [-0.05, 0) is 41.5 Å². The van der Waals surface area contributed by atoms with Crippen LogP contribution >= 0.6 is 0 Å². The lowest BCUT2D eigenvalue weighted by atomic mass is 10.0. The topological polar surface area (TPSA) is 81.0 Å². The number of para-hydroxylation sites is 1. The summed E-state index contributed by atoms with van der Waals surface area (Å²) in [5, 5.41) is 0.908. The summed E-state index contributed by atoms with van der Waals surface area (Å²) < 4.78 is 5.82. The summed E-state index contributed by atoms with van der Waals surface area (Å²) in [6.07, 6.45) is 3.78. The van der Waals surface area contributed by atoms with Gasteiger partial charge < -0.3 is 15.5 Å². The minimum absolute atomic E-state index is 0.189. The van der Waals surface area contributed by atoms with E-state index in [0.29, 0.717) is 0 Å². The number of nitrogens with zero attached hydrogens (tertiary/aromatic N) is 1. The van der Waals surface area contributed by atoms with Crippen LogP contribution in [0.4, 0.5) is 0 Å². The highest BCUT2D eigenvalue weighted by molar-refractivity contribution is 5.89. The number of nitrogens with two attached hydrogens (primary N) is 1. The zero-order chi connectivity index (χ0) is 17.9. The molecule has 1 amide bonds. The third-order valence-corrected chi connectivity index (χ3v) is 4.15. The molecule has 0 unspecified atom stereocenters. The predicted octanol–water partition coefficient (Wildman–Crippen LogP) is 4.05. The summed E-state index contributed by atoms with van der Waals surface area (Å²) in [5.41, 5.74) is 8.90. The molecule has 0 saturated heterocycles. The maximum atomic E-state index is 11.2. The van der Waals surface area contributed by atoms with Crippen LogP contribution in [-0.2, 0) is 11.2 Å². The number of aromatic nitrogens is 2. The number of hydrogen-bond donors (Lipinski definition) is 2. The number of benzene rings is 2. The molecule has 0 spiro atoms. The Morgan fingerprint density at radius 3 is 2.46 bits per heavy atom. The van der Waals surface area contributed by atoms with Crippen LogP contribution in [0.5, 0.6) is 11.5 Å². The molecule has 4 aromatic rings. The Hall–Kier alpha value is -3.60. The first-order valence-corrected chi connectivity index (χ1v) is 8.27. The van der Waals surface area contributed by atoms with E-state index in [-0.39, 0.29) is 12.3 Å². The van der Waals surface area contributed by atoms with Gasteiger partial charge in [0.1, 0.15) is 17.1 Å². The molecule has 0 bridgehead atoms. The summed E-state index contributed by atoms with van der Waals surface area (Å²) in [6.45, 7) is 0. The van der Waals surface area contributed by atoms with Crippen LogP contribution in [0, 0.1) is 0 Å². The Kier molecular flexibility index (Phi) is 4.11. The zero-order valence-electron chi connectivity index (χ0n) is 14.0. The van der Waals surface area contributed by atoms with Gasteiger partial charge in [-0.2, -0.15) is 0 Å². The Bertz CT molecular complexity index is 1050. The van der Waals surface area contributed by atoms with Crippen molar-refractivity contribution in [2.24, 2.45) is 5.73 Å². The van der Waals surface area contributed by atoms with Crippen LogP contribution in [-0.4, -0.2) is 15.9 Å². The molecule has 26 heavy (non-hydrogen) atoms. The number of ether oxygens (including phenoxy) is 1. The van der Waals surface area contributed by atoms with E-state index in [4.69, 9.17) is 10.5 Å². The zero-order valence-corrected chi connectivity index (χ0v) is 14.0. The number of carbonyl (C=O) groups excluding carboxylic acids is 1. The molecule has 0 fully saturated rings. The van der Waals surface area contributed by atoms with Crippen LogP contribution in [0.15, 0.2) is 73.1 Å². The Labute approximate surface area is 150 Å². The average Bonchev–Trinajstić information content (AvgIpc) is 3.05. The molecule has 2 aromatic heterocycles. The number of carbonyl (C=O) groups is 1. The predicted molar refractivity (Wildman–Crippen MR) is 101 cm³/mol. The number of rotatable bonds is 5. The lowest BCUT2D eigenvalue weighted by Crippen LogP contribution is -2.13. The van der Waals surface area contributed by atoms with E-state index >= 15 is 0 Å². The van der Waals surface area contributed by atoms with Gasteiger partial charge in [-0.15, -0.1) is 0 Å². The van der Waals surface area contributed by atoms with Crippen molar-refractivity contribution in [3.8, 4) is 22.6 Å². The van der Waals surface area contributed by atoms with Gasteiger partial charge in [-0.25, -0.2) is 4.98 Å². The highest BCUT2D eigenvalue weighted by atomic mass is 16.5. The first-order valence-electron chi connectivity index (χ1n) is 8.27. The molecule has 2 heterocycles. The van der Waals surface area contributed by atoms with Crippen LogP contribution < -0.4 is 10.5 Å². The molecule has 3 N–H and O–H groups in total. The molecule has 0 aliphatic heterocycles. The number of aromatic amines is 1. The Morgan fingerprint density at radius 2 is 1.73 bits per heavy atom. The van der Waals surface area contributed by atoms with Crippen molar-refractivity contribution in [1.82, 2.24) is 9.97 Å². The van der Waals surface area contributed by atoms with Gasteiger partial charge in [0.05, 0.1) is 6.42 Å². The maximum absolute atomic E-state index is 11.2. The number of H-pyrrole nitrogens is 1. The van der Waals surface area contributed by atoms with Crippen molar-refractivity contribution < 1.29 is 9.53 Å². The molecule has 128 valence electrons. The fourth-order valence-electron chi connectivity index (χ4n) is 2.89. The van der Waals surface area contributed by atoms with Crippen LogP contribution in [0.3, 0.4) is 0 Å². The summed E-state index contributed by atoms with van der Waals surface area (Å²) in [5.74, 6) is 1.20. The number of amides is 1. The van der Waals surface area contributed by atoms with E-state index in [1.165, 1.54) is 0 Å². The van der Waals surface area contributed by atoms with E-state index in [0.717, 1.165) is 39.2 Å². The standard InChI is InChI=1S/C21H17N3O2/c22-20(25)11-16-13-24-21-19(16)10-15(12-23-21)14-6-8-18(9-7-14)26-17-4-2-1-3-5-17/h1-10,12-13H,11H2,(H2,22,25)(H,23,24). The van der Waals surface area contributed by atoms with Gasteiger partial charge in [-0.3, -0.25) is 4.79 Å². The molecule has 2 aromatic carbocycles. The minimum Gasteiger partial charge on any atom is -0.457 e. The number of hydrogen-bond acceptors (Lipinski definition) is 3. The van der Waals surface area contributed by atoms with Crippen LogP contribution in [0.2, 0.25) is 0 Å². The Morgan fingerprint density at radius 1 is 1.00 bits per heavy atom. The number of pyridine rings is 1. The second kappa shape index (κ2) is 6.72. The highest BCUT2D eigenvalue weighted by Crippen LogP contribution is 2.28. The van der Waals surface area contributed by atoms with E-state index < -0.39 is 0 Å². The fraction of sp³-hybridized carbons (Fsp3) is 0.0476. The Balaban J connectivity index is 1.61. The quantitative estimate of drug-likeness (QED) is 0.573. The fourth-order valence-corrected chi connectivity index (χ4v) is 2.89.